The number of fused-ring (bicyclic) bond motifs is 2. The van der Waals surface area contributed by atoms with Crippen LogP contribution < -0.4 is 4.74 Å². The van der Waals surface area contributed by atoms with Gasteiger partial charge in [-0.2, -0.15) is 0 Å². The molecule has 1 aromatic rings. The van der Waals surface area contributed by atoms with Crippen molar-refractivity contribution in [3.05, 3.63) is 47.6 Å². The average Bonchev–Trinajstić information content (AvgIpc) is 3.04. The standard InChI is InChI=1S/C17H19NOS/c1-12-5-6-17(7-8-18(2)16(17)9-12)13-3-4-15-14(10-13)19-11-20-15/h3-6,9-10,16H,7-8,11H2,1-2H3/t16-,17-/m0/s1. The van der Waals surface area contributed by atoms with E-state index in [0.29, 0.717) is 6.04 Å². The van der Waals surface area contributed by atoms with E-state index in [1.807, 2.05) is 0 Å². The van der Waals surface area contributed by atoms with Crippen LogP contribution in [-0.4, -0.2) is 30.5 Å². The summed E-state index contributed by atoms with van der Waals surface area (Å²) in [6.45, 7) is 3.33. The van der Waals surface area contributed by atoms with Gasteiger partial charge in [-0.05, 0) is 44.6 Å². The van der Waals surface area contributed by atoms with Crippen molar-refractivity contribution < 1.29 is 4.74 Å². The van der Waals surface area contributed by atoms with Crippen LogP contribution in [0.5, 0.6) is 5.75 Å². The zero-order valence-electron chi connectivity index (χ0n) is 11.9. The molecule has 0 N–H and O–H groups in total. The molecule has 0 amide bonds. The molecule has 3 aliphatic rings. The Labute approximate surface area is 124 Å². The maximum Gasteiger partial charge on any atom is 0.138 e. The average molecular weight is 285 g/mol. The van der Waals surface area contributed by atoms with Crippen LogP contribution in [0.2, 0.25) is 0 Å². The number of benzene rings is 1. The van der Waals surface area contributed by atoms with Gasteiger partial charge >= 0.3 is 0 Å². The molecule has 1 saturated heterocycles. The number of thioether (sulfide) groups is 1. The molecular formula is C17H19NOS. The molecule has 20 heavy (non-hydrogen) atoms. The van der Waals surface area contributed by atoms with Gasteiger partial charge in [-0.15, -0.1) is 0 Å². The minimum absolute atomic E-state index is 0.125. The van der Waals surface area contributed by atoms with Crippen molar-refractivity contribution in [2.24, 2.45) is 0 Å². The lowest BCUT2D eigenvalue weighted by Gasteiger charge is -2.36. The fourth-order valence-corrected chi connectivity index (χ4v) is 4.42. The summed E-state index contributed by atoms with van der Waals surface area (Å²) in [5.41, 5.74) is 2.89. The van der Waals surface area contributed by atoms with E-state index in [-0.39, 0.29) is 5.41 Å². The van der Waals surface area contributed by atoms with Crippen LogP contribution in [-0.2, 0) is 5.41 Å². The zero-order valence-corrected chi connectivity index (χ0v) is 12.7. The molecule has 1 aliphatic carbocycles. The quantitative estimate of drug-likeness (QED) is 0.782. The van der Waals surface area contributed by atoms with E-state index in [2.05, 4.69) is 55.3 Å². The number of likely N-dealkylation sites (tertiary alicyclic amines) is 1. The lowest BCUT2D eigenvalue weighted by molar-refractivity contribution is 0.317. The van der Waals surface area contributed by atoms with E-state index in [1.165, 1.54) is 22.5 Å². The minimum atomic E-state index is 0.125. The molecule has 2 aliphatic heterocycles. The minimum Gasteiger partial charge on any atom is -0.481 e. The molecule has 2 nitrogen and oxygen atoms in total. The van der Waals surface area contributed by atoms with Gasteiger partial charge in [0.05, 0.1) is 4.90 Å². The number of hydrogen-bond donors (Lipinski definition) is 0. The SMILES string of the molecule is CC1=C[C@@H]2N(C)CC[C@]2(c2ccc3c(c2)OCS3)C=C1. The first-order chi connectivity index (χ1) is 9.69. The molecule has 0 spiro atoms. The molecule has 0 bridgehead atoms. The molecule has 0 saturated carbocycles. The van der Waals surface area contributed by atoms with Crippen LogP contribution >= 0.6 is 11.8 Å². The molecule has 2 heterocycles. The van der Waals surface area contributed by atoms with Crippen molar-refractivity contribution >= 4 is 11.8 Å². The molecule has 0 radical (unpaired) electrons. The molecule has 4 rings (SSSR count). The molecular weight excluding hydrogens is 266 g/mol. The van der Waals surface area contributed by atoms with E-state index in [1.54, 1.807) is 11.8 Å². The predicted octanol–water partition coefficient (Wildman–Crippen LogP) is 3.59. The summed E-state index contributed by atoms with van der Waals surface area (Å²) in [5, 5.41) is 0. The van der Waals surface area contributed by atoms with E-state index in [0.717, 1.165) is 18.2 Å². The number of hydrogen-bond acceptors (Lipinski definition) is 3. The monoisotopic (exact) mass is 285 g/mol. The summed E-state index contributed by atoms with van der Waals surface area (Å²) in [4.78, 5) is 3.75. The van der Waals surface area contributed by atoms with Crippen LogP contribution in [0.15, 0.2) is 46.9 Å². The van der Waals surface area contributed by atoms with Gasteiger partial charge in [0.15, 0.2) is 0 Å². The van der Waals surface area contributed by atoms with Gasteiger partial charge in [-0.1, -0.05) is 41.6 Å². The largest absolute Gasteiger partial charge is 0.481 e. The Kier molecular flexibility index (Phi) is 2.76. The van der Waals surface area contributed by atoms with Gasteiger partial charge in [-0.25, -0.2) is 0 Å². The maximum atomic E-state index is 5.73. The molecule has 1 fully saturated rings. The second-order valence-electron chi connectivity index (χ2n) is 6.03. The lowest BCUT2D eigenvalue weighted by atomic mass is 9.71. The number of ether oxygens (including phenoxy) is 1. The first kappa shape index (κ1) is 12.5. The van der Waals surface area contributed by atoms with E-state index < -0.39 is 0 Å². The third-order valence-corrected chi connectivity index (χ3v) is 5.74. The fourth-order valence-electron chi connectivity index (χ4n) is 3.68. The van der Waals surface area contributed by atoms with Gasteiger partial charge < -0.3 is 4.74 Å². The molecule has 1 aromatic carbocycles. The number of nitrogens with zero attached hydrogens (tertiary/aromatic N) is 1. The van der Waals surface area contributed by atoms with Gasteiger partial charge in [0, 0.05) is 11.5 Å². The van der Waals surface area contributed by atoms with Crippen LogP contribution in [0.25, 0.3) is 0 Å². The third kappa shape index (κ3) is 1.69. The lowest BCUT2D eigenvalue weighted by Crippen LogP contribution is -2.39. The zero-order chi connectivity index (χ0) is 13.7. The molecule has 0 unspecified atom stereocenters. The Bertz CT molecular complexity index is 621. The third-order valence-electron chi connectivity index (χ3n) is 4.86. The van der Waals surface area contributed by atoms with Gasteiger partial charge in [0.25, 0.3) is 0 Å². The second kappa shape index (κ2) is 4.40. The summed E-state index contributed by atoms with van der Waals surface area (Å²) in [7, 11) is 2.23. The van der Waals surface area contributed by atoms with Crippen molar-refractivity contribution in [2.75, 3.05) is 19.5 Å². The van der Waals surface area contributed by atoms with Crippen LogP contribution in [0, 0.1) is 0 Å². The predicted molar refractivity (Wildman–Crippen MR) is 83.4 cm³/mol. The second-order valence-corrected chi connectivity index (χ2v) is 6.99. The van der Waals surface area contributed by atoms with E-state index >= 15 is 0 Å². The Morgan fingerprint density at radius 3 is 3.20 bits per heavy atom. The highest BCUT2D eigenvalue weighted by Gasteiger charge is 2.45. The number of likely N-dealkylation sites (N-methyl/N-ethyl adjacent to an activating group) is 1. The maximum absolute atomic E-state index is 5.73. The van der Waals surface area contributed by atoms with Crippen LogP contribution in [0.4, 0.5) is 0 Å². The van der Waals surface area contributed by atoms with E-state index in [9.17, 15) is 0 Å². The summed E-state index contributed by atoms with van der Waals surface area (Å²) < 4.78 is 5.73. The highest BCUT2D eigenvalue weighted by molar-refractivity contribution is 7.99. The molecule has 3 heteroatoms. The molecule has 0 aromatic heterocycles. The van der Waals surface area contributed by atoms with Crippen LogP contribution in [0.3, 0.4) is 0 Å². The van der Waals surface area contributed by atoms with Gasteiger partial charge in [0.1, 0.15) is 11.7 Å². The highest BCUT2D eigenvalue weighted by Crippen LogP contribution is 2.47. The summed E-state index contributed by atoms with van der Waals surface area (Å²) in [5.74, 6) is 1.82. The summed E-state index contributed by atoms with van der Waals surface area (Å²) >= 11 is 1.78. The van der Waals surface area contributed by atoms with Gasteiger partial charge in [-0.3, -0.25) is 4.90 Å². The van der Waals surface area contributed by atoms with Crippen LogP contribution in [0.1, 0.15) is 18.9 Å². The number of allylic oxidation sites excluding steroid dienone is 2. The Morgan fingerprint density at radius 1 is 1.40 bits per heavy atom. The topological polar surface area (TPSA) is 12.5 Å². The Balaban J connectivity index is 1.82. The van der Waals surface area contributed by atoms with Crippen molar-refractivity contribution in [3.63, 3.8) is 0 Å². The first-order valence-corrected chi connectivity index (χ1v) is 8.16. The first-order valence-electron chi connectivity index (χ1n) is 7.17. The summed E-state index contributed by atoms with van der Waals surface area (Å²) in [6.07, 6.45) is 8.29. The Morgan fingerprint density at radius 2 is 2.30 bits per heavy atom. The van der Waals surface area contributed by atoms with E-state index in [4.69, 9.17) is 4.74 Å². The van der Waals surface area contributed by atoms with Gasteiger partial charge in [0.2, 0.25) is 0 Å². The normalized spacial score (nSPS) is 31.7. The van der Waals surface area contributed by atoms with Crippen molar-refractivity contribution in [1.82, 2.24) is 4.90 Å². The Hall–Kier alpha value is -1.19. The fraction of sp³-hybridized carbons (Fsp3) is 0.412. The molecule has 104 valence electrons. The van der Waals surface area contributed by atoms with Crippen molar-refractivity contribution in [3.8, 4) is 5.75 Å². The smallest absolute Gasteiger partial charge is 0.138 e. The highest BCUT2D eigenvalue weighted by atomic mass is 32.2. The number of rotatable bonds is 1. The molecule has 2 atom stereocenters. The van der Waals surface area contributed by atoms with Crippen molar-refractivity contribution in [2.45, 2.75) is 29.7 Å². The summed E-state index contributed by atoms with van der Waals surface area (Å²) in [6, 6.07) is 7.26. The van der Waals surface area contributed by atoms with Crippen molar-refractivity contribution in [1.29, 1.82) is 0 Å².